The summed E-state index contributed by atoms with van der Waals surface area (Å²) in [5.74, 6) is 1.87. The molecule has 6 nitrogen and oxygen atoms in total. The van der Waals surface area contributed by atoms with E-state index in [9.17, 15) is 4.79 Å². The molecule has 0 aliphatic heterocycles. The van der Waals surface area contributed by atoms with Crippen molar-refractivity contribution in [3.8, 4) is 17.2 Å². The SMILES string of the molecule is CCCCCCCCCCCCOc1ccc(C(=O)NC(=S)Nc2ccc(OCCCCCCCC)cc2)cc1OCCCCCCCCCCCC. The number of thiocarbonyl (C=S) groups is 1. The second kappa shape index (κ2) is 32.6. The molecule has 0 radical (unpaired) electrons. The van der Waals surface area contributed by atoms with Gasteiger partial charge in [0.05, 0.1) is 19.8 Å². The van der Waals surface area contributed by atoms with Crippen LogP contribution in [-0.4, -0.2) is 30.8 Å². The van der Waals surface area contributed by atoms with Crippen LogP contribution < -0.4 is 24.8 Å². The average molecular weight is 753 g/mol. The Balaban J connectivity index is 1.82. The molecule has 0 bridgehead atoms. The second-order valence-corrected chi connectivity index (χ2v) is 15.2. The molecule has 0 fully saturated rings. The maximum atomic E-state index is 13.3. The summed E-state index contributed by atoms with van der Waals surface area (Å²) >= 11 is 5.49. The van der Waals surface area contributed by atoms with E-state index in [0.717, 1.165) is 43.7 Å². The van der Waals surface area contributed by atoms with Crippen molar-refractivity contribution in [3.63, 3.8) is 0 Å². The van der Waals surface area contributed by atoms with Crippen molar-refractivity contribution in [2.75, 3.05) is 25.1 Å². The molecule has 0 aliphatic rings. The molecule has 0 saturated carbocycles. The molecule has 0 saturated heterocycles. The van der Waals surface area contributed by atoms with Crippen LogP contribution in [0.5, 0.6) is 17.2 Å². The van der Waals surface area contributed by atoms with Gasteiger partial charge in [0.1, 0.15) is 5.75 Å². The highest BCUT2D eigenvalue weighted by Crippen LogP contribution is 2.29. The van der Waals surface area contributed by atoms with Crippen molar-refractivity contribution >= 4 is 28.9 Å². The number of rotatable bonds is 34. The molecular weight excluding hydrogens is 677 g/mol. The number of benzene rings is 2. The molecule has 0 atom stereocenters. The Kier molecular flexibility index (Phi) is 28.5. The Morgan fingerprint density at radius 1 is 0.491 bits per heavy atom. The van der Waals surface area contributed by atoms with E-state index >= 15 is 0 Å². The first-order valence-corrected chi connectivity index (χ1v) is 22.2. The fourth-order valence-corrected chi connectivity index (χ4v) is 6.68. The molecule has 300 valence electrons. The van der Waals surface area contributed by atoms with Crippen molar-refractivity contribution in [1.82, 2.24) is 5.32 Å². The predicted molar refractivity (Wildman–Crippen MR) is 230 cm³/mol. The lowest BCUT2D eigenvalue weighted by atomic mass is 10.1. The molecule has 2 N–H and O–H groups in total. The van der Waals surface area contributed by atoms with Crippen LogP contribution in [0.2, 0.25) is 0 Å². The van der Waals surface area contributed by atoms with Crippen LogP contribution in [0.4, 0.5) is 5.69 Å². The largest absolute Gasteiger partial charge is 0.494 e. The van der Waals surface area contributed by atoms with Gasteiger partial charge in [-0.25, -0.2) is 0 Å². The van der Waals surface area contributed by atoms with Gasteiger partial charge >= 0.3 is 0 Å². The van der Waals surface area contributed by atoms with Crippen LogP contribution in [0.25, 0.3) is 0 Å². The molecule has 2 aromatic rings. The van der Waals surface area contributed by atoms with Gasteiger partial charge in [0.15, 0.2) is 16.6 Å². The predicted octanol–water partition coefficient (Wildman–Crippen LogP) is 14.2. The molecule has 0 aliphatic carbocycles. The molecule has 7 heteroatoms. The van der Waals surface area contributed by atoms with E-state index in [1.54, 1.807) is 12.1 Å². The van der Waals surface area contributed by atoms with E-state index in [0.29, 0.717) is 30.3 Å². The number of carbonyl (C=O) groups is 1. The highest BCUT2D eigenvalue weighted by molar-refractivity contribution is 7.80. The molecule has 53 heavy (non-hydrogen) atoms. The minimum Gasteiger partial charge on any atom is -0.494 e. The molecule has 0 unspecified atom stereocenters. The van der Waals surface area contributed by atoms with Gasteiger partial charge in [0.25, 0.3) is 5.91 Å². The van der Waals surface area contributed by atoms with E-state index in [1.807, 2.05) is 30.3 Å². The first-order chi connectivity index (χ1) is 26.1. The Bertz CT molecular complexity index is 1190. The number of hydrogen-bond acceptors (Lipinski definition) is 5. The standard InChI is InChI=1S/C46H76N2O4S/c1-4-7-10-13-16-18-20-22-25-28-37-51-43-35-30-40(39-44(43)52-38-29-26-23-21-19-17-14-11-8-5-2)45(49)48-46(53)47-41-31-33-42(34-32-41)50-36-27-24-15-12-9-6-3/h30-35,39H,4-29,36-38H2,1-3H3,(H2,47,48,49,53). The minimum absolute atomic E-state index is 0.241. The normalized spacial score (nSPS) is 11.0. The lowest BCUT2D eigenvalue weighted by molar-refractivity contribution is 0.0977. The fourth-order valence-electron chi connectivity index (χ4n) is 6.47. The first-order valence-electron chi connectivity index (χ1n) is 21.8. The van der Waals surface area contributed by atoms with Crippen LogP contribution in [0.1, 0.15) is 198 Å². The summed E-state index contributed by atoms with van der Waals surface area (Å²) in [4.78, 5) is 13.3. The second-order valence-electron chi connectivity index (χ2n) is 14.8. The van der Waals surface area contributed by atoms with E-state index in [4.69, 9.17) is 26.4 Å². The zero-order valence-corrected chi connectivity index (χ0v) is 34.9. The molecule has 1 amide bonds. The molecule has 2 rings (SSSR count). The first kappa shape index (κ1) is 46.4. The van der Waals surface area contributed by atoms with Gasteiger partial charge in [-0.2, -0.15) is 0 Å². The van der Waals surface area contributed by atoms with Gasteiger partial charge in [-0.3, -0.25) is 10.1 Å². The third-order valence-corrected chi connectivity index (χ3v) is 10.0. The molecule has 0 spiro atoms. The van der Waals surface area contributed by atoms with Gasteiger partial charge in [-0.1, -0.05) is 168 Å². The number of unbranched alkanes of at least 4 members (excludes halogenated alkanes) is 23. The zero-order valence-electron chi connectivity index (χ0n) is 34.1. The summed E-state index contributed by atoms with van der Waals surface area (Å²) < 4.78 is 18.4. The van der Waals surface area contributed by atoms with Crippen molar-refractivity contribution in [2.24, 2.45) is 0 Å². The maximum absolute atomic E-state index is 13.3. The number of nitrogens with one attached hydrogen (secondary N) is 2. The van der Waals surface area contributed by atoms with Crippen molar-refractivity contribution in [1.29, 1.82) is 0 Å². The lowest BCUT2D eigenvalue weighted by Gasteiger charge is -2.15. The average Bonchev–Trinajstić information content (AvgIpc) is 3.16. The third kappa shape index (κ3) is 24.3. The van der Waals surface area contributed by atoms with E-state index < -0.39 is 0 Å². The smallest absolute Gasteiger partial charge is 0.257 e. The Morgan fingerprint density at radius 2 is 0.887 bits per heavy atom. The summed E-state index contributed by atoms with van der Waals surface area (Å²) in [5.41, 5.74) is 1.27. The van der Waals surface area contributed by atoms with Gasteiger partial charge in [-0.05, 0) is 73.9 Å². The molecule has 0 heterocycles. The van der Waals surface area contributed by atoms with Gasteiger partial charge in [-0.15, -0.1) is 0 Å². The summed E-state index contributed by atoms with van der Waals surface area (Å²) in [6.07, 6.45) is 33.0. The lowest BCUT2D eigenvalue weighted by Crippen LogP contribution is -2.34. The highest BCUT2D eigenvalue weighted by Gasteiger charge is 2.14. The van der Waals surface area contributed by atoms with Crippen molar-refractivity contribution in [3.05, 3.63) is 48.0 Å². The number of anilines is 1. The number of hydrogen-bond donors (Lipinski definition) is 2. The fraction of sp³-hybridized carbons (Fsp3) is 0.696. The van der Waals surface area contributed by atoms with Crippen LogP contribution >= 0.6 is 12.2 Å². The van der Waals surface area contributed by atoms with Crippen LogP contribution in [-0.2, 0) is 0 Å². The van der Waals surface area contributed by atoms with Crippen LogP contribution in [0.3, 0.4) is 0 Å². The van der Waals surface area contributed by atoms with Gasteiger partial charge in [0, 0.05) is 11.3 Å². The number of ether oxygens (including phenoxy) is 3. The topological polar surface area (TPSA) is 68.8 Å². The Morgan fingerprint density at radius 3 is 1.34 bits per heavy atom. The van der Waals surface area contributed by atoms with Gasteiger partial charge < -0.3 is 19.5 Å². The van der Waals surface area contributed by atoms with E-state index in [1.165, 1.54) is 141 Å². The van der Waals surface area contributed by atoms with Crippen molar-refractivity contribution < 1.29 is 19.0 Å². The van der Waals surface area contributed by atoms with Crippen LogP contribution in [0, 0.1) is 0 Å². The van der Waals surface area contributed by atoms with Crippen molar-refractivity contribution in [2.45, 2.75) is 188 Å². The monoisotopic (exact) mass is 753 g/mol. The van der Waals surface area contributed by atoms with Gasteiger partial charge in [0.2, 0.25) is 0 Å². The summed E-state index contributed by atoms with van der Waals surface area (Å²) in [7, 11) is 0. The molecule has 2 aromatic carbocycles. The Hall–Kier alpha value is -2.80. The maximum Gasteiger partial charge on any atom is 0.257 e. The molecular formula is C46H76N2O4S. The quantitative estimate of drug-likeness (QED) is 0.0548. The highest BCUT2D eigenvalue weighted by atomic mass is 32.1. The molecule has 0 aromatic heterocycles. The number of amides is 1. The Labute approximate surface area is 330 Å². The summed E-state index contributed by atoms with van der Waals surface area (Å²) in [6, 6.07) is 13.1. The van der Waals surface area contributed by atoms with E-state index in [-0.39, 0.29) is 11.0 Å². The number of carbonyl (C=O) groups excluding carboxylic acids is 1. The third-order valence-electron chi connectivity index (χ3n) is 9.82. The minimum atomic E-state index is -0.286. The summed E-state index contributed by atoms with van der Waals surface area (Å²) in [6.45, 7) is 8.75. The van der Waals surface area contributed by atoms with E-state index in [2.05, 4.69) is 31.4 Å². The summed E-state index contributed by atoms with van der Waals surface area (Å²) in [5, 5.41) is 6.18. The zero-order chi connectivity index (χ0) is 38.0. The van der Waals surface area contributed by atoms with Crippen LogP contribution in [0.15, 0.2) is 42.5 Å².